The maximum Gasteiger partial charge on any atom is 0.416 e. The number of halogens is 3. The van der Waals surface area contributed by atoms with Crippen LogP contribution in [0.2, 0.25) is 0 Å². The second-order valence-corrected chi connectivity index (χ2v) is 11.5. The third kappa shape index (κ3) is 3.82. The van der Waals surface area contributed by atoms with Crippen LogP contribution in [0.1, 0.15) is 5.56 Å². The Kier molecular flexibility index (Phi) is 5.25. The van der Waals surface area contributed by atoms with E-state index in [0.717, 1.165) is 58.2 Å². The van der Waals surface area contributed by atoms with Gasteiger partial charge in [-0.2, -0.15) is 13.2 Å². The van der Waals surface area contributed by atoms with Gasteiger partial charge in [-0.3, -0.25) is 0 Å². The molecule has 0 aliphatic carbocycles. The molecule has 0 aliphatic rings. The number of alkyl halides is 3. The van der Waals surface area contributed by atoms with Crippen molar-refractivity contribution in [3.05, 3.63) is 133 Å². The van der Waals surface area contributed by atoms with Crippen LogP contribution in [0.15, 0.2) is 127 Å². The fourth-order valence-electron chi connectivity index (χ4n) is 6.18. The van der Waals surface area contributed by atoms with Gasteiger partial charge in [0.25, 0.3) is 0 Å². The van der Waals surface area contributed by atoms with Crippen LogP contribution in [-0.2, 0) is 6.18 Å². The van der Waals surface area contributed by atoms with Crippen LogP contribution in [0, 0.1) is 0 Å². The first-order chi connectivity index (χ1) is 20.0. The second-order valence-electron chi connectivity index (χ2n) is 10.4. The number of rotatable bonds is 2. The minimum atomic E-state index is -4.47. The molecular formula is C37H21F3S. The van der Waals surface area contributed by atoms with Crippen LogP contribution in [-0.4, -0.2) is 0 Å². The molecule has 1 aromatic heterocycles. The van der Waals surface area contributed by atoms with Gasteiger partial charge in [-0.25, -0.2) is 0 Å². The van der Waals surface area contributed by atoms with E-state index in [1.807, 2.05) is 78.9 Å². The van der Waals surface area contributed by atoms with Gasteiger partial charge in [-0.05, 0) is 84.9 Å². The van der Waals surface area contributed by atoms with Crippen LogP contribution in [0.3, 0.4) is 0 Å². The number of thiophene rings is 1. The van der Waals surface area contributed by atoms with Gasteiger partial charge < -0.3 is 0 Å². The van der Waals surface area contributed by atoms with Gasteiger partial charge in [-0.1, -0.05) is 97.1 Å². The first-order valence-corrected chi connectivity index (χ1v) is 14.2. The number of benzene rings is 7. The monoisotopic (exact) mass is 554 g/mol. The van der Waals surface area contributed by atoms with Crippen molar-refractivity contribution >= 4 is 63.8 Å². The molecule has 8 aromatic rings. The largest absolute Gasteiger partial charge is 0.416 e. The Labute approximate surface area is 237 Å². The minimum absolute atomic E-state index is 0.548. The normalized spacial score (nSPS) is 12.3. The van der Waals surface area contributed by atoms with Gasteiger partial charge in [0, 0.05) is 20.2 Å². The lowest BCUT2D eigenvalue weighted by molar-refractivity contribution is -0.137. The van der Waals surface area contributed by atoms with E-state index in [0.29, 0.717) is 11.1 Å². The van der Waals surface area contributed by atoms with Gasteiger partial charge in [-0.15, -0.1) is 11.3 Å². The number of hydrogen-bond donors (Lipinski definition) is 0. The summed E-state index contributed by atoms with van der Waals surface area (Å²) >= 11 is 1.62. The maximum atomic E-state index is 14.3. The van der Waals surface area contributed by atoms with Crippen molar-refractivity contribution in [2.45, 2.75) is 6.18 Å². The van der Waals surface area contributed by atoms with Crippen LogP contribution in [0.4, 0.5) is 13.2 Å². The zero-order valence-electron chi connectivity index (χ0n) is 21.7. The summed E-state index contributed by atoms with van der Waals surface area (Å²) in [5, 5.41) is 8.82. The fourth-order valence-corrected chi connectivity index (χ4v) is 7.41. The molecule has 0 bridgehead atoms. The summed E-state index contributed by atoms with van der Waals surface area (Å²) in [5.74, 6) is 0. The molecule has 0 aliphatic heterocycles. The molecule has 4 heteroatoms. The molecule has 0 nitrogen and oxygen atoms in total. The van der Waals surface area contributed by atoms with Crippen LogP contribution in [0.25, 0.3) is 74.7 Å². The molecule has 8 rings (SSSR count). The topological polar surface area (TPSA) is 0 Å². The van der Waals surface area contributed by atoms with Crippen molar-refractivity contribution in [1.29, 1.82) is 0 Å². The molecular weight excluding hydrogens is 533 g/mol. The summed E-state index contributed by atoms with van der Waals surface area (Å²) in [4.78, 5) is 0. The third-order valence-corrected chi connectivity index (χ3v) is 9.27. The Morgan fingerprint density at radius 3 is 1.66 bits per heavy atom. The molecule has 0 saturated heterocycles. The molecule has 0 radical (unpaired) electrons. The molecule has 41 heavy (non-hydrogen) atoms. The molecule has 0 N–H and O–H groups in total. The highest BCUT2D eigenvalue weighted by Crippen LogP contribution is 2.43. The molecule has 7 aromatic carbocycles. The Balaban J connectivity index is 1.40. The highest BCUT2D eigenvalue weighted by Gasteiger charge is 2.31. The molecule has 0 spiro atoms. The predicted octanol–water partition coefficient (Wildman–Crippen LogP) is 11.9. The van der Waals surface area contributed by atoms with Crippen LogP contribution in [0.5, 0.6) is 0 Å². The van der Waals surface area contributed by atoms with E-state index in [-0.39, 0.29) is 0 Å². The molecule has 1 heterocycles. The Morgan fingerprint density at radius 2 is 0.976 bits per heavy atom. The Morgan fingerprint density at radius 1 is 0.415 bits per heavy atom. The van der Waals surface area contributed by atoms with E-state index in [2.05, 4.69) is 36.4 Å². The SMILES string of the molecule is FC(F)(F)c1cc(-c2ccc3c4ccccc4c4ccccc4c3c2)cc(-c2cccc3c2sc2ccccc23)c1. The third-order valence-electron chi connectivity index (χ3n) is 8.05. The summed E-state index contributed by atoms with van der Waals surface area (Å²) in [6.45, 7) is 0. The first kappa shape index (κ1) is 24.2. The molecule has 0 amide bonds. The Hall–Kier alpha value is -4.67. The average molecular weight is 555 g/mol. The maximum absolute atomic E-state index is 14.3. The molecule has 0 atom stereocenters. The zero-order chi connectivity index (χ0) is 27.7. The highest BCUT2D eigenvalue weighted by atomic mass is 32.1. The standard InChI is InChI=1S/C37H21F3S/c38-37(39,40)25-19-23(18-24(20-25)26-13-7-14-33-32-12-5-6-15-35(32)41-36(26)33)22-16-17-31-29-10-2-1-8-27(29)28-9-3-4-11-30(28)34(31)21-22/h1-21H. The Bertz CT molecular complexity index is 2270. The van der Waals surface area contributed by atoms with Crippen LogP contribution < -0.4 is 0 Å². The van der Waals surface area contributed by atoms with Crippen LogP contribution >= 0.6 is 11.3 Å². The summed E-state index contributed by atoms with van der Waals surface area (Å²) < 4.78 is 45.0. The summed E-state index contributed by atoms with van der Waals surface area (Å²) in [5.41, 5.74) is 2.04. The first-order valence-electron chi connectivity index (χ1n) is 13.4. The van der Waals surface area contributed by atoms with Gasteiger partial charge >= 0.3 is 6.18 Å². The number of fused-ring (bicyclic) bond motifs is 9. The smallest absolute Gasteiger partial charge is 0.166 e. The lowest BCUT2D eigenvalue weighted by Gasteiger charge is -2.15. The van der Waals surface area contributed by atoms with E-state index < -0.39 is 11.7 Å². The average Bonchev–Trinajstić information content (AvgIpc) is 3.39. The van der Waals surface area contributed by atoms with Crippen molar-refractivity contribution in [2.24, 2.45) is 0 Å². The van der Waals surface area contributed by atoms with Gasteiger partial charge in [0.15, 0.2) is 0 Å². The molecule has 0 saturated carbocycles. The summed E-state index contributed by atoms with van der Waals surface area (Å²) in [7, 11) is 0. The van der Waals surface area contributed by atoms with Gasteiger partial charge in [0.1, 0.15) is 0 Å². The van der Waals surface area contributed by atoms with E-state index >= 15 is 0 Å². The zero-order valence-corrected chi connectivity index (χ0v) is 22.5. The molecule has 0 fully saturated rings. The summed E-state index contributed by atoms with van der Waals surface area (Å²) in [6, 6.07) is 41.1. The van der Waals surface area contributed by atoms with E-state index in [9.17, 15) is 13.2 Å². The minimum Gasteiger partial charge on any atom is -0.166 e. The molecule has 0 unspecified atom stereocenters. The quantitative estimate of drug-likeness (QED) is 0.186. The van der Waals surface area contributed by atoms with Crippen molar-refractivity contribution in [2.75, 3.05) is 0 Å². The van der Waals surface area contributed by atoms with Crippen molar-refractivity contribution in [3.63, 3.8) is 0 Å². The van der Waals surface area contributed by atoms with Gasteiger partial charge in [0.05, 0.1) is 5.56 Å². The van der Waals surface area contributed by atoms with Crippen molar-refractivity contribution in [1.82, 2.24) is 0 Å². The van der Waals surface area contributed by atoms with Crippen molar-refractivity contribution in [3.8, 4) is 22.3 Å². The highest BCUT2D eigenvalue weighted by molar-refractivity contribution is 7.26. The second kappa shape index (κ2) is 8.92. The fraction of sp³-hybridized carbons (Fsp3) is 0.0270. The van der Waals surface area contributed by atoms with Crippen molar-refractivity contribution < 1.29 is 13.2 Å². The predicted molar refractivity (Wildman–Crippen MR) is 168 cm³/mol. The van der Waals surface area contributed by atoms with E-state index in [1.165, 1.54) is 17.5 Å². The lowest BCUT2D eigenvalue weighted by Crippen LogP contribution is -2.05. The lowest BCUT2D eigenvalue weighted by atomic mass is 9.90. The van der Waals surface area contributed by atoms with Gasteiger partial charge in [0.2, 0.25) is 0 Å². The van der Waals surface area contributed by atoms with E-state index in [4.69, 9.17) is 0 Å². The van der Waals surface area contributed by atoms with E-state index in [1.54, 1.807) is 11.3 Å². The molecule has 196 valence electrons. The number of hydrogen-bond acceptors (Lipinski definition) is 1. The summed E-state index contributed by atoms with van der Waals surface area (Å²) in [6.07, 6.45) is -4.47.